The molecule has 33 heavy (non-hydrogen) atoms. The lowest BCUT2D eigenvalue weighted by atomic mass is 9.90. The summed E-state index contributed by atoms with van der Waals surface area (Å²) in [6.07, 6.45) is 11.0. The average molecular weight is 443 g/mol. The molecule has 0 amide bonds. The fourth-order valence-corrected chi connectivity index (χ4v) is 5.56. The van der Waals surface area contributed by atoms with Crippen LogP contribution in [0, 0.1) is 0 Å². The molecule has 5 rings (SSSR count). The summed E-state index contributed by atoms with van der Waals surface area (Å²) in [5.41, 5.74) is 6.07. The standard InChI is InChI=1S/C28H34N4O/c1-2-3-6-17-31(26-13-7-9-21-10-8-15-30-27(21)26)20-24-28-23(14-16-29-24)22-11-4-5-12-25(22)32(28)18-19-33/h4-5,8,10-12,14-16,26,33H,2-3,6-7,9,13,17-20H2,1H3/t26-/m0/s1. The molecule has 1 N–H and O–H groups in total. The molecule has 1 aliphatic rings. The van der Waals surface area contributed by atoms with Crippen molar-refractivity contribution in [3.8, 4) is 0 Å². The summed E-state index contributed by atoms with van der Waals surface area (Å²) in [5.74, 6) is 0. The number of aliphatic hydroxyl groups is 1. The van der Waals surface area contributed by atoms with Gasteiger partial charge in [-0.1, -0.05) is 44.0 Å². The number of nitrogens with zero attached hydrogens (tertiary/aromatic N) is 4. The van der Waals surface area contributed by atoms with Crippen LogP contribution in [0.3, 0.4) is 0 Å². The molecular weight excluding hydrogens is 408 g/mol. The van der Waals surface area contributed by atoms with Gasteiger partial charge in [0.25, 0.3) is 0 Å². The number of para-hydroxylation sites is 1. The van der Waals surface area contributed by atoms with Gasteiger partial charge in [0.15, 0.2) is 0 Å². The Balaban J connectivity index is 1.58. The van der Waals surface area contributed by atoms with Crippen molar-refractivity contribution in [3.63, 3.8) is 0 Å². The number of aromatic nitrogens is 3. The van der Waals surface area contributed by atoms with E-state index in [0.29, 0.717) is 12.6 Å². The molecule has 0 fully saturated rings. The van der Waals surface area contributed by atoms with Crippen LogP contribution in [0.1, 0.15) is 62.0 Å². The summed E-state index contributed by atoms with van der Waals surface area (Å²) in [4.78, 5) is 12.3. The first-order valence-corrected chi connectivity index (χ1v) is 12.4. The molecule has 1 atom stereocenters. The molecule has 1 aliphatic carbocycles. The van der Waals surface area contributed by atoms with E-state index in [0.717, 1.165) is 42.7 Å². The molecule has 1 aromatic carbocycles. The van der Waals surface area contributed by atoms with Crippen molar-refractivity contribution in [1.29, 1.82) is 0 Å². The lowest BCUT2D eigenvalue weighted by Crippen LogP contribution is -2.33. The molecular formula is C28H34N4O. The molecule has 0 radical (unpaired) electrons. The SMILES string of the molecule is CCCCCN(Cc1nccc2c3ccccc3n(CCO)c12)[C@H]1CCCc2cccnc21. The summed E-state index contributed by atoms with van der Waals surface area (Å²) in [6.45, 7) is 4.79. The highest BCUT2D eigenvalue weighted by Gasteiger charge is 2.28. The summed E-state index contributed by atoms with van der Waals surface area (Å²) in [5, 5.41) is 12.3. The topological polar surface area (TPSA) is 54.2 Å². The Morgan fingerprint density at radius 1 is 1.03 bits per heavy atom. The summed E-state index contributed by atoms with van der Waals surface area (Å²) < 4.78 is 2.25. The lowest BCUT2D eigenvalue weighted by Gasteiger charge is -2.35. The average Bonchev–Trinajstić information content (AvgIpc) is 3.18. The maximum atomic E-state index is 9.83. The second kappa shape index (κ2) is 10.0. The third-order valence-corrected chi connectivity index (χ3v) is 7.09. The number of fused-ring (bicyclic) bond motifs is 4. The van der Waals surface area contributed by atoms with Gasteiger partial charge in [0.2, 0.25) is 0 Å². The highest BCUT2D eigenvalue weighted by molar-refractivity contribution is 6.08. The van der Waals surface area contributed by atoms with Gasteiger partial charge in [-0.05, 0) is 56.0 Å². The van der Waals surface area contributed by atoms with Crippen molar-refractivity contribution in [1.82, 2.24) is 19.4 Å². The molecule has 0 saturated heterocycles. The van der Waals surface area contributed by atoms with Crippen molar-refractivity contribution in [2.45, 2.75) is 64.6 Å². The monoisotopic (exact) mass is 442 g/mol. The highest BCUT2D eigenvalue weighted by Crippen LogP contribution is 2.36. The maximum absolute atomic E-state index is 9.83. The molecule has 3 aromatic heterocycles. The van der Waals surface area contributed by atoms with Gasteiger partial charge >= 0.3 is 0 Å². The Bertz CT molecular complexity index is 1230. The van der Waals surface area contributed by atoms with Crippen molar-refractivity contribution in [2.24, 2.45) is 0 Å². The lowest BCUT2D eigenvalue weighted by molar-refractivity contribution is 0.161. The zero-order valence-corrected chi connectivity index (χ0v) is 19.6. The second-order valence-corrected chi connectivity index (χ2v) is 9.18. The van der Waals surface area contributed by atoms with Crippen LogP contribution in [0.5, 0.6) is 0 Å². The molecule has 172 valence electrons. The van der Waals surface area contributed by atoms with Crippen LogP contribution < -0.4 is 0 Å². The normalized spacial score (nSPS) is 16.0. The van der Waals surface area contributed by atoms with Crippen molar-refractivity contribution < 1.29 is 5.11 Å². The third-order valence-electron chi connectivity index (χ3n) is 7.09. The number of hydrogen-bond donors (Lipinski definition) is 1. The van der Waals surface area contributed by atoms with Crippen LogP contribution in [0.4, 0.5) is 0 Å². The van der Waals surface area contributed by atoms with Crippen LogP contribution >= 0.6 is 0 Å². The van der Waals surface area contributed by atoms with Crippen LogP contribution in [0.2, 0.25) is 0 Å². The Hall–Kier alpha value is -2.76. The number of hydrogen-bond acceptors (Lipinski definition) is 4. The smallest absolute Gasteiger partial charge is 0.0787 e. The predicted octanol–water partition coefficient (Wildman–Crippen LogP) is 5.65. The van der Waals surface area contributed by atoms with E-state index in [1.54, 1.807) is 0 Å². The molecule has 4 aromatic rings. The van der Waals surface area contributed by atoms with E-state index < -0.39 is 0 Å². The van der Waals surface area contributed by atoms with Gasteiger partial charge in [-0.2, -0.15) is 0 Å². The number of aryl methyl sites for hydroxylation is 1. The van der Waals surface area contributed by atoms with E-state index in [1.165, 1.54) is 47.7 Å². The Morgan fingerprint density at radius 3 is 2.82 bits per heavy atom. The molecule has 0 saturated carbocycles. The summed E-state index contributed by atoms with van der Waals surface area (Å²) in [7, 11) is 0. The van der Waals surface area contributed by atoms with E-state index in [1.807, 2.05) is 12.4 Å². The number of rotatable bonds is 9. The van der Waals surface area contributed by atoms with E-state index in [2.05, 4.69) is 58.9 Å². The third kappa shape index (κ3) is 4.28. The minimum absolute atomic E-state index is 0.113. The van der Waals surface area contributed by atoms with Gasteiger partial charge in [0.05, 0.1) is 29.6 Å². The number of aliphatic hydroxyl groups excluding tert-OH is 1. The first-order valence-electron chi connectivity index (χ1n) is 12.4. The minimum atomic E-state index is 0.113. The van der Waals surface area contributed by atoms with Gasteiger partial charge in [0.1, 0.15) is 0 Å². The van der Waals surface area contributed by atoms with Crippen molar-refractivity contribution in [3.05, 3.63) is 71.8 Å². The predicted molar refractivity (Wildman–Crippen MR) is 134 cm³/mol. The van der Waals surface area contributed by atoms with E-state index in [4.69, 9.17) is 9.97 Å². The van der Waals surface area contributed by atoms with Gasteiger partial charge in [0, 0.05) is 41.8 Å². The molecule has 3 heterocycles. The van der Waals surface area contributed by atoms with Crippen molar-refractivity contribution >= 4 is 21.8 Å². The molecule has 0 unspecified atom stereocenters. The first-order chi connectivity index (χ1) is 16.3. The summed E-state index contributed by atoms with van der Waals surface area (Å²) in [6, 6.07) is 15.3. The van der Waals surface area contributed by atoms with Gasteiger partial charge < -0.3 is 9.67 Å². The van der Waals surface area contributed by atoms with Crippen molar-refractivity contribution in [2.75, 3.05) is 13.2 Å². The maximum Gasteiger partial charge on any atom is 0.0787 e. The fourth-order valence-electron chi connectivity index (χ4n) is 5.56. The Kier molecular flexibility index (Phi) is 6.70. The van der Waals surface area contributed by atoms with E-state index in [9.17, 15) is 5.11 Å². The van der Waals surface area contributed by atoms with Gasteiger partial charge in [-0.15, -0.1) is 0 Å². The zero-order chi connectivity index (χ0) is 22.6. The van der Waals surface area contributed by atoms with Crippen LogP contribution in [-0.4, -0.2) is 37.7 Å². The fraction of sp³-hybridized carbons (Fsp3) is 0.429. The van der Waals surface area contributed by atoms with Gasteiger partial charge in [-0.25, -0.2) is 0 Å². The quantitative estimate of drug-likeness (QED) is 0.341. The van der Waals surface area contributed by atoms with Crippen LogP contribution in [0.15, 0.2) is 54.9 Å². The number of pyridine rings is 2. The molecule has 5 nitrogen and oxygen atoms in total. The van der Waals surface area contributed by atoms with Crippen LogP contribution in [0.25, 0.3) is 21.8 Å². The largest absolute Gasteiger partial charge is 0.395 e. The highest BCUT2D eigenvalue weighted by atomic mass is 16.3. The molecule has 0 spiro atoms. The van der Waals surface area contributed by atoms with E-state index in [-0.39, 0.29) is 6.61 Å². The zero-order valence-electron chi connectivity index (χ0n) is 19.6. The minimum Gasteiger partial charge on any atom is -0.395 e. The summed E-state index contributed by atoms with van der Waals surface area (Å²) >= 11 is 0. The number of benzene rings is 1. The second-order valence-electron chi connectivity index (χ2n) is 9.18. The van der Waals surface area contributed by atoms with E-state index >= 15 is 0 Å². The number of unbranched alkanes of at least 4 members (excludes halogenated alkanes) is 2. The van der Waals surface area contributed by atoms with Crippen LogP contribution in [-0.2, 0) is 19.5 Å². The molecule has 0 aliphatic heterocycles. The Morgan fingerprint density at radius 2 is 1.94 bits per heavy atom. The molecule has 0 bridgehead atoms. The van der Waals surface area contributed by atoms with Gasteiger partial charge in [-0.3, -0.25) is 14.9 Å². The first kappa shape index (κ1) is 22.1. The molecule has 5 heteroatoms. The Labute approximate surface area is 196 Å².